The summed E-state index contributed by atoms with van der Waals surface area (Å²) in [6, 6.07) is -0.0534. The summed E-state index contributed by atoms with van der Waals surface area (Å²) in [6.45, 7) is 3.70. The van der Waals surface area contributed by atoms with Crippen LogP contribution in [0.1, 0.15) is 84.0 Å². The molecule has 0 saturated heterocycles. The lowest BCUT2D eigenvalue weighted by Gasteiger charge is -2.07. The van der Waals surface area contributed by atoms with Gasteiger partial charge in [-0.2, -0.15) is 0 Å². The topological polar surface area (TPSA) is 84.2 Å². The van der Waals surface area contributed by atoms with Crippen LogP contribution in [0.4, 0.5) is 4.79 Å². The summed E-state index contributed by atoms with van der Waals surface area (Å²) in [5.41, 5.74) is 5.08. The van der Waals surface area contributed by atoms with Crippen molar-refractivity contribution in [3.05, 3.63) is 0 Å². The molecule has 0 aromatic heterocycles. The Morgan fingerprint density at radius 1 is 0.727 bits per heavy atom. The number of hydrogen-bond acceptors (Lipinski definition) is 2. The maximum atomic E-state index is 11.5. The molecule has 0 aromatic rings. The third-order valence-corrected chi connectivity index (χ3v) is 3.70. The van der Waals surface area contributed by atoms with Crippen LogP contribution in [0.15, 0.2) is 0 Å². The Balaban J connectivity index is 3.17. The van der Waals surface area contributed by atoms with Crippen LogP contribution in [0.25, 0.3) is 0 Å². The van der Waals surface area contributed by atoms with Crippen molar-refractivity contribution in [2.24, 2.45) is 5.73 Å². The van der Waals surface area contributed by atoms with Crippen LogP contribution < -0.4 is 16.4 Å². The first-order valence-corrected chi connectivity index (χ1v) is 8.96. The lowest BCUT2D eigenvalue weighted by Crippen LogP contribution is -2.36. The lowest BCUT2D eigenvalue weighted by atomic mass is 10.1. The van der Waals surface area contributed by atoms with Crippen LogP contribution >= 0.6 is 0 Å². The maximum Gasteiger partial charge on any atom is 0.314 e. The van der Waals surface area contributed by atoms with E-state index in [1.807, 2.05) is 0 Å². The predicted molar refractivity (Wildman–Crippen MR) is 91.7 cm³/mol. The highest BCUT2D eigenvalue weighted by Crippen LogP contribution is 2.05. The number of hydrogen-bond donors (Lipinski definition) is 3. The lowest BCUT2D eigenvalue weighted by molar-refractivity contribution is -0.118. The number of urea groups is 1. The molecule has 3 amide bonds. The fraction of sp³-hybridized carbons (Fsp3) is 0.882. The van der Waals surface area contributed by atoms with E-state index in [0.29, 0.717) is 6.42 Å². The summed E-state index contributed by atoms with van der Waals surface area (Å²) in [4.78, 5) is 22.1. The average Bonchev–Trinajstić information content (AvgIpc) is 2.48. The third kappa shape index (κ3) is 16.8. The molecule has 0 aromatic carbocycles. The quantitative estimate of drug-likeness (QED) is 0.404. The predicted octanol–water partition coefficient (Wildman–Crippen LogP) is 3.47. The summed E-state index contributed by atoms with van der Waals surface area (Å²) in [7, 11) is 0. The van der Waals surface area contributed by atoms with E-state index in [9.17, 15) is 9.59 Å². The summed E-state index contributed by atoms with van der Waals surface area (Å²) in [5.74, 6) is -0.219. The van der Waals surface area contributed by atoms with E-state index in [2.05, 4.69) is 17.6 Å². The van der Waals surface area contributed by atoms with Gasteiger partial charge in [0.05, 0.1) is 0 Å². The average molecular weight is 313 g/mol. The number of nitrogens with two attached hydrogens (primary N) is 1. The molecule has 0 heterocycles. The molecule has 0 aliphatic carbocycles. The molecule has 0 aliphatic heterocycles. The van der Waals surface area contributed by atoms with Crippen molar-refractivity contribution < 1.29 is 9.59 Å². The first-order chi connectivity index (χ1) is 10.7. The highest BCUT2D eigenvalue weighted by molar-refractivity contribution is 5.73. The Morgan fingerprint density at radius 3 is 1.68 bits per heavy atom. The zero-order chi connectivity index (χ0) is 16.5. The smallest absolute Gasteiger partial charge is 0.314 e. The second-order valence-corrected chi connectivity index (χ2v) is 5.93. The van der Waals surface area contributed by atoms with Gasteiger partial charge < -0.3 is 16.4 Å². The van der Waals surface area contributed by atoms with Gasteiger partial charge in [0.2, 0.25) is 5.91 Å². The molecule has 5 nitrogen and oxygen atoms in total. The van der Waals surface area contributed by atoms with Gasteiger partial charge in [-0.05, 0) is 19.3 Å². The van der Waals surface area contributed by atoms with Crippen LogP contribution in [-0.4, -0.2) is 25.0 Å². The van der Waals surface area contributed by atoms with E-state index in [1.54, 1.807) is 0 Å². The molecule has 4 N–H and O–H groups in total. The van der Waals surface area contributed by atoms with E-state index in [1.165, 1.54) is 32.1 Å². The standard InChI is InChI=1S/C17H35N3O2/c1-2-3-4-5-8-11-14-19-17(22)20-15-12-9-6-7-10-13-16(18)21/h2-15H2,1H3,(H2,18,21)(H2,19,20,22). The molecule has 0 atom stereocenters. The van der Waals surface area contributed by atoms with Crippen LogP contribution in [0.2, 0.25) is 0 Å². The minimum atomic E-state index is -0.219. The van der Waals surface area contributed by atoms with Crippen LogP contribution in [0.5, 0.6) is 0 Å². The van der Waals surface area contributed by atoms with Crippen LogP contribution in [0.3, 0.4) is 0 Å². The van der Waals surface area contributed by atoms with Gasteiger partial charge in [-0.15, -0.1) is 0 Å². The summed E-state index contributed by atoms with van der Waals surface area (Å²) >= 11 is 0. The van der Waals surface area contributed by atoms with Crippen molar-refractivity contribution in [2.45, 2.75) is 84.0 Å². The second-order valence-electron chi connectivity index (χ2n) is 5.93. The van der Waals surface area contributed by atoms with Gasteiger partial charge in [0, 0.05) is 19.5 Å². The molecule has 22 heavy (non-hydrogen) atoms. The van der Waals surface area contributed by atoms with Gasteiger partial charge in [0.1, 0.15) is 0 Å². The first kappa shape index (κ1) is 20.7. The number of rotatable bonds is 15. The Labute approximate surface area is 135 Å². The highest BCUT2D eigenvalue weighted by atomic mass is 16.2. The zero-order valence-electron chi connectivity index (χ0n) is 14.3. The number of carbonyl (C=O) groups excluding carboxylic acids is 2. The normalized spacial score (nSPS) is 10.4. The van der Waals surface area contributed by atoms with Gasteiger partial charge >= 0.3 is 6.03 Å². The Kier molecular flexibility index (Phi) is 15.2. The summed E-state index contributed by atoms with van der Waals surface area (Å²) in [5, 5.41) is 5.77. The summed E-state index contributed by atoms with van der Waals surface area (Å²) in [6.07, 6.45) is 13.0. The number of nitrogens with one attached hydrogen (secondary N) is 2. The molecule has 0 rings (SSSR count). The van der Waals surface area contributed by atoms with Crippen molar-refractivity contribution in [1.82, 2.24) is 10.6 Å². The maximum absolute atomic E-state index is 11.5. The van der Waals surface area contributed by atoms with E-state index in [-0.39, 0.29) is 11.9 Å². The van der Waals surface area contributed by atoms with E-state index >= 15 is 0 Å². The first-order valence-electron chi connectivity index (χ1n) is 8.96. The number of carbonyl (C=O) groups is 2. The van der Waals surface area contributed by atoms with E-state index < -0.39 is 0 Å². The van der Waals surface area contributed by atoms with Gasteiger partial charge in [-0.3, -0.25) is 4.79 Å². The number of unbranched alkanes of at least 4 members (excludes halogenated alkanes) is 9. The third-order valence-electron chi connectivity index (χ3n) is 3.70. The van der Waals surface area contributed by atoms with Crippen molar-refractivity contribution in [3.8, 4) is 0 Å². The van der Waals surface area contributed by atoms with Gasteiger partial charge in [-0.1, -0.05) is 58.3 Å². The van der Waals surface area contributed by atoms with Crippen molar-refractivity contribution in [1.29, 1.82) is 0 Å². The van der Waals surface area contributed by atoms with Crippen LogP contribution in [-0.2, 0) is 4.79 Å². The molecular formula is C17H35N3O2. The van der Waals surface area contributed by atoms with E-state index in [4.69, 9.17) is 5.73 Å². The molecule has 0 fully saturated rings. The van der Waals surface area contributed by atoms with Gasteiger partial charge in [0.25, 0.3) is 0 Å². The molecule has 0 radical (unpaired) electrons. The Bertz CT molecular complexity index is 283. The molecule has 0 spiro atoms. The molecule has 0 aliphatic rings. The molecule has 0 bridgehead atoms. The molecule has 0 saturated carbocycles. The molecule has 0 unspecified atom stereocenters. The fourth-order valence-corrected chi connectivity index (χ4v) is 2.33. The van der Waals surface area contributed by atoms with Crippen LogP contribution in [0, 0.1) is 0 Å². The monoisotopic (exact) mass is 313 g/mol. The van der Waals surface area contributed by atoms with Crippen molar-refractivity contribution in [3.63, 3.8) is 0 Å². The zero-order valence-corrected chi connectivity index (χ0v) is 14.3. The number of amides is 3. The molecule has 130 valence electrons. The Hall–Kier alpha value is -1.26. The van der Waals surface area contributed by atoms with Gasteiger partial charge in [0.15, 0.2) is 0 Å². The SMILES string of the molecule is CCCCCCCCNC(=O)NCCCCCCCC(N)=O. The minimum Gasteiger partial charge on any atom is -0.370 e. The molecular weight excluding hydrogens is 278 g/mol. The second kappa shape index (κ2) is 16.1. The van der Waals surface area contributed by atoms with Crippen molar-refractivity contribution >= 4 is 11.9 Å². The largest absolute Gasteiger partial charge is 0.370 e. The van der Waals surface area contributed by atoms with E-state index in [0.717, 1.165) is 51.6 Å². The van der Waals surface area contributed by atoms with Gasteiger partial charge in [-0.25, -0.2) is 4.79 Å². The van der Waals surface area contributed by atoms with Crippen molar-refractivity contribution in [2.75, 3.05) is 13.1 Å². The molecule has 5 heteroatoms. The fourth-order valence-electron chi connectivity index (χ4n) is 2.33. The number of primary amides is 1. The Morgan fingerprint density at radius 2 is 1.18 bits per heavy atom. The highest BCUT2D eigenvalue weighted by Gasteiger charge is 1.99. The summed E-state index contributed by atoms with van der Waals surface area (Å²) < 4.78 is 0. The minimum absolute atomic E-state index is 0.0534.